The average Bonchev–Trinajstić information content (AvgIpc) is 2.79. The Bertz CT molecular complexity index is 805. The fraction of sp³-hybridized carbons (Fsp3) is 0.538. The SMILES string of the molecule is CCCCCOc1ccc(C2NCCc3cc(OC)c(OCCCN(C)C)cc32)cc1. The predicted molar refractivity (Wildman–Crippen MR) is 127 cm³/mol. The summed E-state index contributed by atoms with van der Waals surface area (Å²) in [6.45, 7) is 5.62. The molecule has 0 amide bonds. The molecule has 1 aliphatic heterocycles. The number of benzene rings is 2. The van der Waals surface area contributed by atoms with Crippen LogP contribution >= 0.6 is 0 Å². The lowest BCUT2D eigenvalue weighted by molar-refractivity contribution is 0.267. The predicted octanol–water partition coefficient (Wildman–Crippen LogP) is 4.83. The fourth-order valence-corrected chi connectivity index (χ4v) is 4.00. The van der Waals surface area contributed by atoms with Crippen LogP contribution in [-0.2, 0) is 6.42 Å². The highest BCUT2D eigenvalue weighted by atomic mass is 16.5. The monoisotopic (exact) mass is 426 g/mol. The Balaban J connectivity index is 1.73. The zero-order valence-corrected chi connectivity index (χ0v) is 19.6. The summed E-state index contributed by atoms with van der Waals surface area (Å²) in [4.78, 5) is 2.17. The number of hydrogen-bond acceptors (Lipinski definition) is 5. The standard InChI is InChI=1S/C26H38N2O3/c1-5-6-7-16-30-22-11-9-20(10-12-22)26-23-19-25(31-17-8-15-28(2)3)24(29-4)18-21(23)13-14-27-26/h9-12,18-19,26-27H,5-8,13-17H2,1-4H3. The van der Waals surface area contributed by atoms with Gasteiger partial charge in [0.1, 0.15) is 5.75 Å². The van der Waals surface area contributed by atoms with Crippen LogP contribution in [0, 0.1) is 0 Å². The molecule has 0 aliphatic carbocycles. The van der Waals surface area contributed by atoms with Crippen LogP contribution in [0.25, 0.3) is 0 Å². The Kier molecular flexibility index (Phi) is 9.04. The number of nitrogens with one attached hydrogen (secondary N) is 1. The number of fused-ring (bicyclic) bond motifs is 1. The van der Waals surface area contributed by atoms with Crippen LogP contribution in [0.4, 0.5) is 0 Å². The summed E-state index contributed by atoms with van der Waals surface area (Å²) in [5, 5.41) is 3.67. The molecule has 1 N–H and O–H groups in total. The summed E-state index contributed by atoms with van der Waals surface area (Å²) < 4.78 is 17.6. The minimum Gasteiger partial charge on any atom is -0.494 e. The van der Waals surface area contributed by atoms with Crippen LogP contribution < -0.4 is 19.5 Å². The molecule has 5 heteroatoms. The van der Waals surface area contributed by atoms with Crippen LogP contribution in [0.5, 0.6) is 17.2 Å². The van der Waals surface area contributed by atoms with Crippen molar-refractivity contribution >= 4 is 0 Å². The number of ether oxygens (including phenoxy) is 3. The molecule has 0 saturated heterocycles. The third-order valence-corrected chi connectivity index (χ3v) is 5.72. The van der Waals surface area contributed by atoms with E-state index in [2.05, 4.69) is 67.6 Å². The second kappa shape index (κ2) is 12.0. The summed E-state index contributed by atoms with van der Waals surface area (Å²) in [7, 11) is 5.88. The van der Waals surface area contributed by atoms with Gasteiger partial charge in [-0.05, 0) is 74.3 Å². The normalized spacial score (nSPS) is 15.6. The highest BCUT2D eigenvalue weighted by molar-refractivity contribution is 5.52. The molecule has 0 aromatic heterocycles. The van der Waals surface area contributed by atoms with Gasteiger partial charge >= 0.3 is 0 Å². The van der Waals surface area contributed by atoms with E-state index in [9.17, 15) is 0 Å². The Morgan fingerprint density at radius 2 is 1.74 bits per heavy atom. The molecule has 1 atom stereocenters. The molecule has 1 heterocycles. The lowest BCUT2D eigenvalue weighted by Crippen LogP contribution is -2.30. The molecular weight excluding hydrogens is 388 g/mol. The van der Waals surface area contributed by atoms with Gasteiger partial charge in [0.15, 0.2) is 11.5 Å². The van der Waals surface area contributed by atoms with Crippen molar-refractivity contribution in [1.82, 2.24) is 10.2 Å². The topological polar surface area (TPSA) is 43.0 Å². The molecule has 0 radical (unpaired) electrons. The molecule has 2 aromatic rings. The molecule has 31 heavy (non-hydrogen) atoms. The summed E-state index contributed by atoms with van der Waals surface area (Å²) in [6, 6.07) is 13.0. The molecule has 0 saturated carbocycles. The van der Waals surface area contributed by atoms with Gasteiger partial charge in [-0.3, -0.25) is 0 Å². The van der Waals surface area contributed by atoms with Crippen molar-refractivity contribution in [3.8, 4) is 17.2 Å². The Labute approximate surface area is 187 Å². The second-order valence-electron chi connectivity index (χ2n) is 8.47. The van der Waals surface area contributed by atoms with Gasteiger partial charge in [0, 0.05) is 13.1 Å². The van der Waals surface area contributed by atoms with E-state index in [1.54, 1.807) is 7.11 Å². The molecule has 1 aliphatic rings. The van der Waals surface area contributed by atoms with Gasteiger partial charge in [-0.15, -0.1) is 0 Å². The first-order valence-corrected chi connectivity index (χ1v) is 11.6. The third kappa shape index (κ3) is 6.62. The van der Waals surface area contributed by atoms with Crippen molar-refractivity contribution in [2.45, 2.75) is 45.1 Å². The summed E-state index contributed by atoms with van der Waals surface area (Å²) in [6.07, 6.45) is 5.50. The van der Waals surface area contributed by atoms with E-state index in [0.717, 1.165) is 56.2 Å². The molecule has 170 valence electrons. The first kappa shape index (κ1) is 23.4. The molecule has 5 nitrogen and oxygen atoms in total. The lowest BCUT2D eigenvalue weighted by atomic mass is 9.89. The summed E-state index contributed by atoms with van der Waals surface area (Å²) in [5.41, 5.74) is 3.83. The molecule has 0 fully saturated rings. The minimum atomic E-state index is 0.146. The molecule has 3 rings (SSSR count). The zero-order chi connectivity index (χ0) is 22.1. The van der Waals surface area contributed by atoms with Gasteiger partial charge in [0.05, 0.1) is 26.4 Å². The maximum atomic E-state index is 6.11. The molecule has 2 aromatic carbocycles. The van der Waals surface area contributed by atoms with Gasteiger partial charge in [0.2, 0.25) is 0 Å². The maximum Gasteiger partial charge on any atom is 0.161 e. The number of hydrogen-bond donors (Lipinski definition) is 1. The van der Waals surface area contributed by atoms with Crippen molar-refractivity contribution in [3.63, 3.8) is 0 Å². The summed E-state index contributed by atoms with van der Waals surface area (Å²) >= 11 is 0. The average molecular weight is 427 g/mol. The highest BCUT2D eigenvalue weighted by Gasteiger charge is 2.24. The Morgan fingerprint density at radius 1 is 0.968 bits per heavy atom. The Morgan fingerprint density at radius 3 is 2.45 bits per heavy atom. The Hall–Kier alpha value is -2.24. The van der Waals surface area contributed by atoms with Gasteiger partial charge in [-0.1, -0.05) is 31.9 Å². The van der Waals surface area contributed by atoms with E-state index in [-0.39, 0.29) is 6.04 Å². The molecule has 0 spiro atoms. The van der Waals surface area contributed by atoms with E-state index in [0.29, 0.717) is 6.61 Å². The number of unbranched alkanes of at least 4 members (excludes halogenated alkanes) is 2. The van der Waals surface area contributed by atoms with E-state index >= 15 is 0 Å². The van der Waals surface area contributed by atoms with E-state index in [1.807, 2.05) is 0 Å². The first-order valence-electron chi connectivity index (χ1n) is 11.6. The van der Waals surface area contributed by atoms with Crippen molar-refractivity contribution in [2.24, 2.45) is 0 Å². The van der Waals surface area contributed by atoms with Crippen molar-refractivity contribution < 1.29 is 14.2 Å². The zero-order valence-electron chi connectivity index (χ0n) is 19.6. The minimum absolute atomic E-state index is 0.146. The first-order chi connectivity index (χ1) is 15.1. The van der Waals surface area contributed by atoms with E-state index < -0.39 is 0 Å². The highest BCUT2D eigenvalue weighted by Crippen LogP contribution is 2.38. The van der Waals surface area contributed by atoms with Crippen LogP contribution in [0.15, 0.2) is 36.4 Å². The molecular formula is C26H38N2O3. The van der Waals surface area contributed by atoms with Crippen LogP contribution in [0.2, 0.25) is 0 Å². The number of methoxy groups -OCH3 is 1. The van der Waals surface area contributed by atoms with Crippen molar-refractivity contribution in [2.75, 3.05) is 47.5 Å². The van der Waals surface area contributed by atoms with Crippen LogP contribution in [-0.4, -0.2) is 52.4 Å². The van der Waals surface area contributed by atoms with Crippen molar-refractivity contribution in [3.05, 3.63) is 53.1 Å². The van der Waals surface area contributed by atoms with Gasteiger partial charge in [0.25, 0.3) is 0 Å². The number of rotatable bonds is 12. The van der Waals surface area contributed by atoms with Crippen LogP contribution in [0.3, 0.4) is 0 Å². The van der Waals surface area contributed by atoms with Crippen LogP contribution in [0.1, 0.15) is 55.3 Å². The van der Waals surface area contributed by atoms with Crippen molar-refractivity contribution in [1.29, 1.82) is 0 Å². The van der Waals surface area contributed by atoms with E-state index in [1.165, 1.54) is 29.5 Å². The maximum absolute atomic E-state index is 6.11. The fourth-order valence-electron chi connectivity index (χ4n) is 4.00. The van der Waals surface area contributed by atoms with Gasteiger partial charge < -0.3 is 24.4 Å². The summed E-state index contributed by atoms with van der Waals surface area (Å²) in [5.74, 6) is 2.58. The lowest BCUT2D eigenvalue weighted by Gasteiger charge is -2.29. The number of nitrogens with zero attached hydrogens (tertiary/aromatic N) is 1. The van der Waals surface area contributed by atoms with E-state index in [4.69, 9.17) is 14.2 Å². The quantitative estimate of drug-likeness (QED) is 0.493. The third-order valence-electron chi connectivity index (χ3n) is 5.72. The second-order valence-corrected chi connectivity index (χ2v) is 8.47. The van der Waals surface area contributed by atoms with Gasteiger partial charge in [-0.25, -0.2) is 0 Å². The smallest absolute Gasteiger partial charge is 0.161 e. The van der Waals surface area contributed by atoms with Gasteiger partial charge in [-0.2, -0.15) is 0 Å². The molecule has 0 bridgehead atoms. The largest absolute Gasteiger partial charge is 0.494 e. The molecule has 1 unspecified atom stereocenters.